The molecule has 0 aromatic heterocycles. The zero-order chi connectivity index (χ0) is 18.9. The summed E-state index contributed by atoms with van der Waals surface area (Å²) < 4.78 is 0. The van der Waals surface area contributed by atoms with Crippen LogP contribution in [0, 0.1) is 0 Å². The number of carbonyl (C=O) groups excluding carboxylic acids is 1. The first-order chi connectivity index (χ1) is 12.3. The number of nitrogens with zero attached hydrogens (tertiary/aromatic N) is 2. The summed E-state index contributed by atoms with van der Waals surface area (Å²) in [5.74, 6) is 0.116. The number of para-hydroxylation sites is 1. The Hall–Kier alpha value is -2.17. The monoisotopic (exact) mass is 351 g/mol. The van der Waals surface area contributed by atoms with Gasteiger partial charge in [-0.2, -0.15) is 0 Å². The van der Waals surface area contributed by atoms with Gasteiger partial charge in [-0.3, -0.25) is 4.79 Å². The topological polar surface area (TPSA) is 35.6 Å². The van der Waals surface area contributed by atoms with E-state index in [1.54, 1.807) is 5.01 Å². The molecule has 1 atom stereocenters. The average molecular weight is 351 g/mol. The van der Waals surface area contributed by atoms with Crippen molar-refractivity contribution >= 4 is 11.6 Å². The predicted octanol–water partition coefficient (Wildman–Crippen LogP) is 3.57. The molecule has 0 fully saturated rings. The van der Waals surface area contributed by atoms with Crippen LogP contribution in [0.3, 0.4) is 0 Å². The normalized spacial score (nSPS) is 19.9. The van der Waals surface area contributed by atoms with Crippen LogP contribution < -0.4 is 10.3 Å². The maximum atomic E-state index is 13.7. The van der Waals surface area contributed by atoms with E-state index >= 15 is 0 Å². The Kier molecular flexibility index (Phi) is 4.91. The van der Waals surface area contributed by atoms with Gasteiger partial charge in [0, 0.05) is 19.6 Å². The average Bonchev–Trinajstić information content (AvgIpc) is 2.84. The van der Waals surface area contributed by atoms with E-state index in [-0.39, 0.29) is 11.4 Å². The Morgan fingerprint density at radius 2 is 1.62 bits per heavy atom. The van der Waals surface area contributed by atoms with Gasteiger partial charge in [-0.05, 0) is 50.9 Å². The molecule has 2 aromatic rings. The molecule has 0 saturated heterocycles. The summed E-state index contributed by atoms with van der Waals surface area (Å²) in [4.78, 5) is 13.7. The van der Waals surface area contributed by atoms with Gasteiger partial charge in [0.25, 0.3) is 5.91 Å². The van der Waals surface area contributed by atoms with Crippen LogP contribution in [-0.2, 0) is 10.2 Å². The second-order valence-electron chi connectivity index (χ2n) is 8.18. The molecule has 4 heteroatoms. The van der Waals surface area contributed by atoms with Crippen LogP contribution in [0.25, 0.3) is 0 Å². The van der Waals surface area contributed by atoms with E-state index in [9.17, 15) is 4.79 Å². The van der Waals surface area contributed by atoms with Gasteiger partial charge in [0.15, 0.2) is 0 Å². The van der Waals surface area contributed by atoms with Gasteiger partial charge in [-0.25, -0.2) is 10.0 Å². The van der Waals surface area contributed by atoms with Crippen molar-refractivity contribution in [1.82, 2.24) is 10.3 Å². The lowest BCUT2D eigenvalue weighted by molar-refractivity contribution is -0.124. The van der Waals surface area contributed by atoms with E-state index in [0.29, 0.717) is 6.42 Å². The van der Waals surface area contributed by atoms with Crippen LogP contribution in [0.2, 0.25) is 0 Å². The summed E-state index contributed by atoms with van der Waals surface area (Å²) in [5.41, 5.74) is 2.46. The number of fused-ring (bicyclic) bond motifs is 1. The van der Waals surface area contributed by atoms with E-state index in [4.69, 9.17) is 0 Å². The molecule has 138 valence electrons. The van der Waals surface area contributed by atoms with Crippen molar-refractivity contribution in [2.24, 2.45) is 0 Å². The van der Waals surface area contributed by atoms with E-state index in [0.717, 1.165) is 23.4 Å². The molecule has 0 aliphatic carbocycles. The van der Waals surface area contributed by atoms with Crippen molar-refractivity contribution in [3.63, 3.8) is 0 Å². The molecule has 2 aromatic carbocycles. The predicted molar refractivity (Wildman–Crippen MR) is 107 cm³/mol. The Labute approximate surface area is 156 Å². The Morgan fingerprint density at radius 1 is 1.00 bits per heavy atom. The fourth-order valence-electron chi connectivity index (χ4n) is 3.83. The zero-order valence-corrected chi connectivity index (χ0v) is 16.4. The van der Waals surface area contributed by atoms with Crippen molar-refractivity contribution in [3.05, 3.63) is 65.7 Å². The fraction of sp³-hybridized carbons (Fsp3) is 0.409. The first kappa shape index (κ1) is 18.6. The van der Waals surface area contributed by atoms with Crippen LogP contribution in [0.1, 0.15) is 38.3 Å². The first-order valence-corrected chi connectivity index (χ1v) is 9.19. The zero-order valence-electron chi connectivity index (χ0n) is 16.4. The van der Waals surface area contributed by atoms with Crippen molar-refractivity contribution in [2.45, 2.75) is 38.1 Å². The molecule has 26 heavy (non-hydrogen) atoms. The Morgan fingerprint density at radius 3 is 2.23 bits per heavy atom. The number of nitrogens with one attached hydrogen (secondary N) is 1. The highest BCUT2D eigenvalue weighted by Crippen LogP contribution is 2.48. The number of carbonyl (C=O) groups is 1. The van der Waals surface area contributed by atoms with Gasteiger partial charge >= 0.3 is 0 Å². The van der Waals surface area contributed by atoms with Gasteiger partial charge < -0.3 is 5.32 Å². The lowest BCUT2D eigenvalue weighted by Crippen LogP contribution is -2.49. The minimum Gasteiger partial charge on any atom is -0.312 e. The first-order valence-electron chi connectivity index (χ1n) is 9.19. The van der Waals surface area contributed by atoms with E-state index in [2.05, 4.69) is 44.3 Å². The second kappa shape index (κ2) is 6.86. The number of hydrogen-bond donors (Lipinski definition) is 1. The lowest BCUT2D eigenvalue weighted by Gasteiger charge is -2.32. The highest BCUT2D eigenvalue weighted by Gasteiger charge is 2.52. The maximum absolute atomic E-state index is 13.7. The number of amides is 1. The third kappa shape index (κ3) is 3.15. The summed E-state index contributed by atoms with van der Waals surface area (Å²) in [7, 11) is 3.84. The third-order valence-corrected chi connectivity index (χ3v) is 4.97. The number of hydrazine groups is 1. The molecule has 1 heterocycles. The van der Waals surface area contributed by atoms with E-state index in [1.807, 2.05) is 55.5 Å². The molecule has 0 saturated carbocycles. The third-order valence-electron chi connectivity index (χ3n) is 4.97. The number of benzene rings is 2. The number of anilines is 1. The summed E-state index contributed by atoms with van der Waals surface area (Å²) in [6.07, 6.45) is 0.717. The molecule has 4 nitrogen and oxygen atoms in total. The SMILES string of the molecule is CN(C)N1C(=O)[C@@](CCNC(C)(C)C)(c2ccccc2)c2ccccc21. The molecule has 0 bridgehead atoms. The minimum absolute atomic E-state index is 0.0142. The molecule has 3 rings (SSSR count). The molecule has 1 aliphatic rings. The fourth-order valence-corrected chi connectivity index (χ4v) is 3.83. The molecular formula is C22H29N3O. The minimum atomic E-state index is -0.666. The van der Waals surface area contributed by atoms with Gasteiger partial charge in [0.05, 0.1) is 5.69 Å². The van der Waals surface area contributed by atoms with Crippen LogP contribution in [-0.4, -0.2) is 37.1 Å². The van der Waals surface area contributed by atoms with Crippen molar-refractivity contribution in [3.8, 4) is 0 Å². The largest absolute Gasteiger partial charge is 0.312 e. The maximum Gasteiger partial charge on any atom is 0.256 e. The van der Waals surface area contributed by atoms with E-state index in [1.165, 1.54) is 0 Å². The molecule has 1 amide bonds. The molecule has 1 aliphatic heterocycles. The molecule has 0 unspecified atom stereocenters. The van der Waals surface area contributed by atoms with Gasteiger partial charge in [0.2, 0.25) is 0 Å². The summed E-state index contributed by atoms with van der Waals surface area (Å²) in [6, 6.07) is 18.3. The Bertz CT molecular complexity index is 779. The highest BCUT2D eigenvalue weighted by molar-refractivity contribution is 6.09. The van der Waals surface area contributed by atoms with Crippen LogP contribution in [0.15, 0.2) is 54.6 Å². The quantitative estimate of drug-likeness (QED) is 0.894. The van der Waals surface area contributed by atoms with Crippen molar-refractivity contribution in [1.29, 1.82) is 0 Å². The lowest BCUT2D eigenvalue weighted by atomic mass is 9.72. The van der Waals surface area contributed by atoms with Crippen LogP contribution in [0.4, 0.5) is 5.69 Å². The van der Waals surface area contributed by atoms with Crippen LogP contribution >= 0.6 is 0 Å². The summed E-state index contributed by atoms with van der Waals surface area (Å²) in [6.45, 7) is 7.22. The summed E-state index contributed by atoms with van der Waals surface area (Å²) in [5, 5.41) is 7.24. The summed E-state index contributed by atoms with van der Waals surface area (Å²) >= 11 is 0. The smallest absolute Gasteiger partial charge is 0.256 e. The van der Waals surface area contributed by atoms with Gasteiger partial charge in [-0.15, -0.1) is 0 Å². The van der Waals surface area contributed by atoms with Gasteiger partial charge in [-0.1, -0.05) is 48.5 Å². The molecular weight excluding hydrogens is 322 g/mol. The van der Waals surface area contributed by atoms with Gasteiger partial charge in [0.1, 0.15) is 5.41 Å². The number of hydrogen-bond acceptors (Lipinski definition) is 3. The van der Waals surface area contributed by atoms with Crippen molar-refractivity contribution in [2.75, 3.05) is 25.6 Å². The Balaban J connectivity index is 2.13. The van der Waals surface area contributed by atoms with Crippen molar-refractivity contribution < 1.29 is 4.79 Å². The second-order valence-corrected chi connectivity index (χ2v) is 8.18. The number of rotatable bonds is 5. The molecule has 0 radical (unpaired) electrons. The highest BCUT2D eigenvalue weighted by atomic mass is 16.2. The van der Waals surface area contributed by atoms with Crippen LogP contribution in [0.5, 0.6) is 0 Å². The standard InChI is InChI=1S/C22H29N3O/c1-21(2,3)23-16-15-22(17-11-7-6-8-12-17)18-13-9-10-14-19(18)25(20(22)26)24(4)5/h6-14,23H,15-16H2,1-5H3/t22-/m0/s1. The van der Waals surface area contributed by atoms with E-state index < -0.39 is 5.41 Å². The molecule has 1 N–H and O–H groups in total. The molecule has 0 spiro atoms.